The van der Waals surface area contributed by atoms with Gasteiger partial charge in [0, 0.05) is 37.3 Å². The summed E-state index contributed by atoms with van der Waals surface area (Å²) in [7, 11) is 3.22. The summed E-state index contributed by atoms with van der Waals surface area (Å²) < 4.78 is 10.5. The Hall–Kier alpha value is -2.54. The molecular formula is C17H22N4O3. The van der Waals surface area contributed by atoms with Gasteiger partial charge in [0.25, 0.3) is 5.91 Å². The molecule has 0 aliphatic carbocycles. The van der Waals surface area contributed by atoms with Crippen molar-refractivity contribution in [1.29, 1.82) is 0 Å². The quantitative estimate of drug-likeness (QED) is 0.737. The SMILES string of the molecule is COc1ccc(CCNC(=O)c2n[nH]c3c2CNCC3)cc1OC. The molecular weight excluding hydrogens is 308 g/mol. The predicted molar refractivity (Wildman–Crippen MR) is 89.6 cm³/mol. The molecule has 7 nitrogen and oxygen atoms in total. The minimum Gasteiger partial charge on any atom is -0.493 e. The molecule has 7 heteroatoms. The van der Waals surface area contributed by atoms with Gasteiger partial charge < -0.3 is 20.1 Å². The number of carbonyl (C=O) groups is 1. The first-order valence-electron chi connectivity index (χ1n) is 7.99. The molecule has 0 saturated carbocycles. The third-order valence-electron chi connectivity index (χ3n) is 4.17. The second-order valence-corrected chi connectivity index (χ2v) is 5.65. The van der Waals surface area contributed by atoms with Crippen molar-refractivity contribution in [3.63, 3.8) is 0 Å². The number of hydrogen-bond acceptors (Lipinski definition) is 5. The van der Waals surface area contributed by atoms with Crippen molar-refractivity contribution >= 4 is 5.91 Å². The van der Waals surface area contributed by atoms with Crippen LogP contribution in [0.1, 0.15) is 27.3 Å². The lowest BCUT2D eigenvalue weighted by Crippen LogP contribution is -2.29. The molecule has 0 unspecified atom stereocenters. The van der Waals surface area contributed by atoms with E-state index in [0.29, 0.717) is 36.7 Å². The van der Waals surface area contributed by atoms with Gasteiger partial charge in [-0.15, -0.1) is 0 Å². The number of nitrogens with zero attached hydrogens (tertiary/aromatic N) is 1. The Morgan fingerprint density at radius 2 is 2.12 bits per heavy atom. The number of fused-ring (bicyclic) bond motifs is 1. The van der Waals surface area contributed by atoms with E-state index in [-0.39, 0.29) is 5.91 Å². The minimum atomic E-state index is -0.142. The van der Waals surface area contributed by atoms with Crippen LogP contribution in [0.4, 0.5) is 0 Å². The summed E-state index contributed by atoms with van der Waals surface area (Å²) >= 11 is 0. The number of amides is 1. The molecule has 1 amide bonds. The molecule has 2 heterocycles. The topological polar surface area (TPSA) is 88.3 Å². The Balaban J connectivity index is 1.58. The van der Waals surface area contributed by atoms with Gasteiger partial charge in [-0.3, -0.25) is 9.89 Å². The molecule has 1 aliphatic heterocycles. The van der Waals surface area contributed by atoms with E-state index in [1.807, 2.05) is 18.2 Å². The van der Waals surface area contributed by atoms with E-state index in [2.05, 4.69) is 20.8 Å². The zero-order valence-electron chi connectivity index (χ0n) is 13.9. The van der Waals surface area contributed by atoms with Crippen LogP contribution in [0.5, 0.6) is 11.5 Å². The molecule has 0 bridgehead atoms. The number of carbonyl (C=O) groups excluding carboxylic acids is 1. The molecule has 0 spiro atoms. The highest BCUT2D eigenvalue weighted by atomic mass is 16.5. The van der Waals surface area contributed by atoms with E-state index in [1.165, 1.54) is 0 Å². The van der Waals surface area contributed by atoms with Crippen LogP contribution < -0.4 is 20.1 Å². The van der Waals surface area contributed by atoms with Crippen LogP contribution >= 0.6 is 0 Å². The standard InChI is InChI=1S/C17H22N4O3/c1-23-14-4-3-11(9-15(14)24-2)5-8-19-17(22)16-12-10-18-7-6-13(12)20-21-16/h3-4,9,18H,5-8,10H2,1-2H3,(H,19,22)(H,20,21). The maximum atomic E-state index is 12.3. The van der Waals surface area contributed by atoms with E-state index in [9.17, 15) is 4.79 Å². The number of ether oxygens (including phenoxy) is 2. The second-order valence-electron chi connectivity index (χ2n) is 5.65. The molecule has 1 aromatic carbocycles. The summed E-state index contributed by atoms with van der Waals surface area (Å²) in [5.74, 6) is 1.24. The number of methoxy groups -OCH3 is 2. The van der Waals surface area contributed by atoms with Crippen molar-refractivity contribution < 1.29 is 14.3 Å². The van der Waals surface area contributed by atoms with Crippen LogP contribution in [0.25, 0.3) is 0 Å². The van der Waals surface area contributed by atoms with E-state index < -0.39 is 0 Å². The molecule has 3 rings (SSSR count). The van der Waals surface area contributed by atoms with Crippen LogP contribution in [0.2, 0.25) is 0 Å². The van der Waals surface area contributed by atoms with Crippen molar-refractivity contribution in [2.75, 3.05) is 27.3 Å². The van der Waals surface area contributed by atoms with Gasteiger partial charge in [-0.1, -0.05) is 6.07 Å². The molecule has 128 valence electrons. The average molecular weight is 330 g/mol. The molecule has 1 aromatic heterocycles. The van der Waals surface area contributed by atoms with Gasteiger partial charge >= 0.3 is 0 Å². The Labute approximate surface area is 140 Å². The number of nitrogens with one attached hydrogen (secondary N) is 3. The first kappa shape index (κ1) is 16.3. The molecule has 3 N–H and O–H groups in total. The van der Waals surface area contributed by atoms with Gasteiger partial charge in [-0.25, -0.2) is 0 Å². The molecule has 1 aliphatic rings. The smallest absolute Gasteiger partial charge is 0.272 e. The maximum absolute atomic E-state index is 12.3. The summed E-state index contributed by atoms with van der Waals surface area (Å²) in [5, 5.41) is 13.3. The van der Waals surface area contributed by atoms with Crippen LogP contribution in [0.15, 0.2) is 18.2 Å². The normalized spacial score (nSPS) is 13.2. The predicted octanol–water partition coefficient (Wildman–Crippen LogP) is 1.05. The van der Waals surface area contributed by atoms with E-state index >= 15 is 0 Å². The third kappa shape index (κ3) is 3.35. The highest BCUT2D eigenvalue weighted by Gasteiger charge is 2.21. The second kappa shape index (κ2) is 7.35. The number of hydrogen-bond donors (Lipinski definition) is 3. The van der Waals surface area contributed by atoms with E-state index in [4.69, 9.17) is 9.47 Å². The molecule has 0 radical (unpaired) electrons. The molecule has 2 aromatic rings. The Kier molecular flexibility index (Phi) is 5.00. The highest BCUT2D eigenvalue weighted by molar-refractivity contribution is 5.94. The number of aromatic amines is 1. The lowest BCUT2D eigenvalue weighted by molar-refractivity contribution is 0.0948. The van der Waals surface area contributed by atoms with Crippen LogP contribution in [0, 0.1) is 0 Å². The fraction of sp³-hybridized carbons (Fsp3) is 0.412. The lowest BCUT2D eigenvalue weighted by Gasteiger charge is -2.13. The number of rotatable bonds is 6. The van der Waals surface area contributed by atoms with Gasteiger partial charge in [0.1, 0.15) is 0 Å². The fourth-order valence-electron chi connectivity index (χ4n) is 2.85. The number of benzene rings is 1. The average Bonchev–Trinajstić information content (AvgIpc) is 3.05. The minimum absolute atomic E-state index is 0.142. The van der Waals surface area contributed by atoms with Crippen molar-refractivity contribution in [2.45, 2.75) is 19.4 Å². The zero-order chi connectivity index (χ0) is 16.9. The van der Waals surface area contributed by atoms with Crippen molar-refractivity contribution in [3.8, 4) is 11.5 Å². The van der Waals surface area contributed by atoms with Crippen molar-refractivity contribution in [1.82, 2.24) is 20.8 Å². The lowest BCUT2D eigenvalue weighted by atomic mass is 10.1. The Bertz CT molecular complexity index is 727. The summed E-state index contributed by atoms with van der Waals surface area (Å²) in [6.45, 7) is 2.13. The Morgan fingerprint density at radius 3 is 2.92 bits per heavy atom. The van der Waals surface area contributed by atoms with Crippen LogP contribution in [0.3, 0.4) is 0 Å². The van der Waals surface area contributed by atoms with E-state index in [0.717, 1.165) is 29.8 Å². The van der Waals surface area contributed by atoms with E-state index in [1.54, 1.807) is 14.2 Å². The summed E-state index contributed by atoms with van der Waals surface area (Å²) in [6, 6.07) is 5.75. The van der Waals surface area contributed by atoms with Crippen molar-refractivity contribution in [3.05, 3.63) is 40.7 Å². The molecule has 0 saturated heterocycles. The maximum Gasteiger partial charge on any atom is 0.272 e. The van der Waals surface area contributed by atoms with Gasteiger partial charge in [-0.2, -0.15) is 5.10 Å². The molecule has 0 atom stereocenters. The van der Waals surface area contributed by atoms with Crippen molar-refractivity contribution in [2.24, 2.45) is 0 Å². The summed E-state index contributed by atoms with van der Waals surface area (Å²) in [6.07, 6.45) is 1.58. The van der Waals surface area contributed by atoms with Gasteiger partial charge in [0.15, 0.2) is 17.2 Å². The summed E-state index contributed by atoms with van der Waals surface area (Å²) in [5.41, 5.74) is 3.59. The third-order valence-corrected chi connectivity index (χ3v) is 4.17. The van der Waals surface area contributed by atoms with Crippen LogP contribution in [-0.2, 0) is 19.4 Å². The van der Waals surface area contributed by atoms with Gasteiger partial charge in [-0.05, 0) is 24.1 Å². The number of aromatic nitrogens is 2. The largest absolute Gasteiger partial charge is 0.493 e. The highest BCUT2D eigenvalue weighted by Crippen LogP contribution is 2.27. The molecule has 24 heavy (non-hydrogen) atoms. The molecule has 0 fully saturated rings. The first-order chi connectivity index (χ1) is 11.7. The van der Waals surface area contributed by atoms with Crippen LogP contribution in [-0.4, -0.2) is 43.4 Å². The Morgan fingerprint density at radius 1 is 1.29 bits per heavy atom. The van der Waals surface area contributed by atoms with Gasteiger partial charge in [0.05, 0.1) is 14.2 Å². The summed E-state index contributed by atoms with van der Waals surface area (Å²) in [4.78, 5) is 12.3. The zero-order valence-corrected chi connectivity index (χ0v) is 13.9. The number of H-pyrrole nitrogens is 1. The monoisotopic (exact) mass is 330 g/mol. The van der Waals surface area contributed by atoms with Gasteiger partial charge in [0.2, 0.25) is 0 Å². The first-order valence-corrected chi connectivity index (χ1v) is 7.99. The fourth-order valence-corrected chi connectivity index (χ4v) is 2.85.